The van der Waals surface area contributed by atoms with E-state index in [2.05, 4.69) is 21.6 Å². The molecule has 1 fully saturated rings. The minimum atomic E-state index is -1.81. The van der Waals surface area contributed by atoms with Crippen LogP contribution in [0.1, 0.15) is 62.1 Å². The fourth-order valence-electron chi connectivity index (χ4n) is 6.79. The molecule has 0 saturated carbocycles. The first-order chi connectivity index (χ1) is 35.4. The highest BCUT2D eigenvalue weighted by atomic mass is 32.1. The molecule has 3 heterocycles. The van der Waals surface area contributed by atoms with Crippen LogP contribution in [0.15, 0.2) is 22.7 Å². The first kappa shape index (κ1) is 60.9. The van der Waals surface area contributed by atoms with Gasteiger partial charge in [0.1, 0.15) is 5.84 Å². The van der Waals surface area contributed by atoms with Crippen LogP contribution in [-0.4, -0.2) is 184 Å². The molecular formula is C49H68F4N4O15S. The number of ether oxygens (including phenoxy) is 10. The van der Waals surface area contributed by atoms with E-state index in [-0.39, 0.29) is 103 Å². The van der Waals surface area contributed by atoms with Crippen molar-refractivity contribution >= 4 is 46.7 Å². The summed E-state index contributed by atoms with van der Waals surface area (Å²) in [6.07, 6.45) is 3.40. The third-order valence-electron chi connectivity index (χ3n) is 10.4. The number of aliphatic hydroxyl groups excluding tert-OH is 1. The second-order valence-corrected chi connectivity index (χ2v) is 17.1. The van der Waals surface area contributed by atoms with Gasteiger partial charge < -0.3 is 63.1 Å². The number of benzene rings is 1. The van der Waals surface area contributed by atoms with Gasteiger partial charge in [-0.25, -0.2) is 18.8 Å². The summed E-state index contributed by atoms with van der Waals surface area (Å²) in [5.74, 6) is -2.59. The van der Waals surface area contributed by atoms with Crippen LogP contribution in [0.3, 0.4) is 0 Å². The fraction of sp³-hybridized carbons (Fsp3) is 0.633. The number of hydrogen-bond donors (Lipinski definition) is 2. The number of carbonyl (C=O) groups excluding carboxylic acids is 3. The number of piperidine rings is 1. The van der Waals surface area contributed by atoms with E-state index in [1.807, 2.05) is 30.9 Å². The van der Waals surface area contributed by atoms with Gasteiger partial charge in [0.25, 0.3) is 5.91 Å². The van der Waals surface area contributed by atoms with E-state index in [1.54, 1.807) is 0 Å². The molecule has 0 bridgehead atoms. The lowest BCUT2D eigenvalue weighted by Gasteiger charge is -2.29. The molecule has 24 heteroatoms. The normalized spacial score (nSPS) is 14.2. The number of aliphatic hydroxyl groups is 1. The van der Waals surface area contributed by atoms with Gasteiger partial charge in [0.15, 0.2) is 17.9 Å². The lowest BCUT2D eigenvalue weighted by atomic mass is 9.97. The zero-order valence-corrected chi connectivity index (χ0v) is 42.3. The van der Waals surface area contributed by atoms with Crippen molar-refractivity contribution in [3.05, 3.63) is 50.7 Å². The van der Waals surface area contributed by atoms with Gasteiger partial charge in [-0.2, -0.15) is 8.78 Å². The Morgan fingerprint density at radius 1 is 0.781 bits per heavy atom. The van der Waals surface area contributed by atoms with E-state index < -0.39 is 47.7 Å². The molecule has 2 aromatic rings. The average molecular weight is 1060 g/mol. The molecule has 73 heavy (non-hydrogen) atoms. The van der Waals surface area contributed by atoms with Crippen molar-refractivity contribution < 1.29 is 89.3 Å². The summed E-state index contributed by atoms with van der Waals surface area (Å²) in [4.78, 5) is 51.3. The quantitative estimate of drug-likeness (QED) is 0.0138. The molecule has 1 aromatic heterocycles. The molecule has 1 unspecified atom stereocenters. The van der Waals surface area contributed by atoms with Crippen LogP contribution in [-0.2, 0) is 61.9 Å². The molecule has 0 aliphatic carbocycles. The molecule has 408 valence electrons. The number of carbonyl (C=O) groups is 3. The third kappa shape index (κ3) is 23.2. The van der Waals surface area contributed by atoms with E-state index in [0.29, 0.717) is 89.6 Å². The standard InChI is InChI=1S/C49H68F4N4O15S/c1-3-11-57(71-4-2)49(61)36-30-41-40(55-42(54)31-36)32-37(73-41)6-5-35-7-12-56(13-8-35)43(59)9-14-62-16-19-67-26-28-69-45(34-58)70-29-27-68-25-24-66-23-22-65-21-20-64-18-17-63-15-10-44(60)72-48-46(52)38(50)33-39(51)47(48)53/h30,32-33,35,45,58H,3-4,7-29,31,34H2,1-2H3,(H2,54,55). The van der Waals surface area contributed by atoms with Crippen LogP contribution in [0.5, 0.6) is 5.75 Å². The van der Waals surface area contributed by atoms with Gasteiger partial charge in [-0.15, -0.1) is 11.3 Å². The van der Waals surface area contributed by atoms with Crippen LogP contribution in [0, 0.1) is 41.0 Å². The summed E-state index contributed by atoms with van der Waals surface area (Å²) in [6.45, 7) is 9.35. The molecule has 4 rings (SSSR count). The number of hydrogen-bond acceptors (Lipinski definition) is 18. The maximum Gasteiger partial charge on any atom is 0.313 e. The number of hydroxylamine groups is 2. The highest BCUT2D eigenvalue weighted by Gasteiger charge is 2.25. The summed E-state index contributed by atoms with van der Waals surface area (Å²) < 4.78 is 107. The van der Waals surface area contributed by atoms with Gasteiger partial charge >= 0.3 is 5.97 Å². The molecule has 0 spiro atoms. The number of halogens is 4. The van der Waals surface area contributed by atoms with E-state index in [4.69, 9.17) is 53.2 Å². The minimum Gasteiger partial charge on any atom is -0.420 e. The predicted octanol–water partition coefficient (Wildman–Crippen LogP) is 4.71. The van der Waals surface area contributed by atoms with Gasteiger partial charge in [0.05, 0.1) is 147 Å². The van der Waals surface area contributed by atoms with Crippen molar-refractivity contribution in [3.8, 4) is 17.6 Å². The Balaban J connectivity index is 0.902. The first-order valence-corrected chi connectivity index (χ1v) is 25.1. The summed E-state index contributed by atoms with van der Waals surface area (Å²) in [5, 5.41) is 10.9. The minimum absolute atomic E-state index is 0.00972. The molecule has 1 aromatic carbocycles. The van der Waals surface area contributed by atoms with Gasteiger partial charge in [0, 0.05) is 43.6 Å². The summed E-state index contributed by atoms with van der Waals surface area (Å²) >= 11 is 1.47. The Bertz CT molecular complexity index is 2080. The number of aliphatic imine (C=N–C) groups is 1. The third-order valence-corrected chi connectivity index (χ3v) is 11.4. The Morgan fingerprint density at radius 2 is 1.30 bits per heavy atom. The van der Waals surface area contributed by atoms with E-state index in [9.17, 15) is 37.1 Å². The molecule has 2 amide bonds. The summed E-state index contributed by atoms with van der Waals surface area (Å²) in [6, 6.07) is 1.91. The number of thiophene rings is 1. The van der Waals surface area contributed by atoms with Gasteiger partial charge in [0.2, 0.25) is 23.3 Å². The number of esters is 1. The monoisotopic (exact) mass is 1060 g/mol. The topological polar surface area (TPSA) is 218 Å². The molecule has 0 radical (unpaired) electrons. The van der Waals surface area contributed by atoms with Crippen molar-refractivity contribution in [2.24, 2.45) is 16.6 Å². The highest BCUT2D eigenvalue weighted by molar-refractivity contribution is 7.14. The lowest BCUT2D eigenvalue weighted by Crippen LogP contribution is -2.38. The molecular weight excluding hydrogens is 993 g/mol. The lowest BCUT2D eigenvalue weighted by molar-refractivity contribution is -0.180. The Labute approximate surface area is 427 Å². The van der Waals surface area contributed by atoms with Gasteiger partial charge in [-0.1, -0.05) is 18.8 Å². The number of nitrogens with zero attached hydrogens (tertiary/aromatic N) is 3. The number of nitrogens with two attached hydrogens (primary N) is 1. The van der Waals surface area contributed by atoms with E-state index in [1.165, 1.54) is 16.4 Å². The Morgan fingerprint density at radius 3 is 1.82 bits per heavy atom. The number of amides is 2. The zero-order chi connectivity index (χ0) is 52.6. The van der Waals surface area contributed by atoms with Crippen LogP contribution in [0.2, 0.25) is 0 Å². The average Bonchev–Trinajstić information content (AvgIpc) is 3.68. The Hall–Kier alpha value is -4.62. The van der Waals surface area contributed by atoms with Crippen molar-refractivity contribution in [1.29, 1.82) is 0 Å². The predicted molar refractivity (Wildman–Crippen MR) is 258 cm³/mol. The molecule has 2 aliphatic rings. The first-order valence-electron chi connectivity index (χ1n) is 24.3. The number of rotatable bonds is 36. The second-order valence-electron chi connectivity index (χ2n) is 16.0. The number of amidine groups is 1. The van der Waals surface area contributed by atoms with Crippen LogP contribution in [0.25, 0.3) is 6.08 Å². The second kappa shape index (κ2) is 35.6. The van der Waals surface area contributed by atoms with E-state index >= 15 is 0 Å². The van der Waals surface area contributed by atoms with Gasteiger partial charge in [-0.05, 0) is 38.3 Å². The number of likely N-dealkylation sites (tertiary alicyclic amines) is 1. The summed E-state index contributed by atoms with van der Waals surface area (Å²) in [5.41, 5.74) is 7.40. The van der Waals surface area contributed by atoms with Crippen LogP contribution in [0.4, 0.5) is 23.2 Å². The van der Waals surface area contributed by atoms with Crippen molar-refractivity contribution in [1.82, 2.24) is 9.96 Å². The fourth-order valence-corrected chi connectivity index (χ4v) is 7.71. The zero-order valence-electron chi connectivity index (χ0n) is 41.5. The van der Waals surface area contributed by atoms with Crippen molar-refractivity contribution in [3.63, 3.8) is 0 Å². The van der Waals surface area contributed by atoms with Crippen LogP contribution >= 0.6 is 11.3 Å². The van der Waals surface area contributed by atoms with Gasteiger partial charge in [-0.3, -0.25) is 19.2 Å². The SMILES string of the molecule is CCCN(OCC)C(=O)C1=Cc2sc(C#CC3CCN(C(=O)CCOCCOCCOC(CO)OCCOCCOCCOCCOCCOCCC(=O)Oc4c(F)c(F)cc(F)c4F)CC3)cc2N=C(N)C1. The highest BCUT2D eigenvalue weighted by Crippen LogP contribution is 2.35. The van der Waals surface area contributed by atoms with E-state index in [0.717, 1.165) is 29.0 Å². The molecule has 19 nitrogen and oxygen atoms in total. The van der Waals surface area contributed by atoms with Crippen molar-refractivity contribution in [2.45, 2.75) is 58.7 Å². The maximum absolute atomic E-state index is 13.6. The smallest absolute Gasteiger partial charge is 0.313 e. The molecule has 1 atom stereocenters. The largest absolute Gasteiger partial charge is 0.420 e. The summed E-state index contributed by atoms with van der Waals surface area (Å²) in [7, 11) is 0. The molecule has 3 N–H and O–H groups in total. The Kier molecular flexibility index (Phi) is 29.7. The van der Waals surface area contributed by atoms with Crippen molar-refractivity contribution in [2.75, 3.05) is 139 Å². The molecule has 1 saturated heterocycles. The maximum atomic E-state index is 13.6. The van der Waals surface area contributed by atoms with Crippen LogP contribution < -0.4 is 10.5 Å². The number of fused-ring (bicyclic) bond motifs is 1. The molecule has 2 aliphatic heterocycles.